The Kier molecular flexibility index (Phi) is 8.11. The van der Waals surface area contributed by atoms with Crippen molar-refractivity contribution in [3.63, 3.8) is 0 Å². The van der Waals surface area contributed by atoms with Gasteiger partial charge in [0.25, 0.3) is 0 Å². The summed E-state index contributed by atoms with van der Waals surface area (Å²) in [5.74, 6) is -1.56. The lowest BCUT2D eigenvalue weighted by molar-refractivity contribution is -0.136. The minimum atomic E-state index is -0.933. The Labute approximate surface area is 147 Å². The van der Waals surface area contributed by atoms with E-state index >= 15 is 0 Å². The van der Waals surface area contributed by atoms with Crippen molar-refractivity contribution < 1.29 is 19.1 Å². The average Bonchev–Trinajstić information content (AvgIpc) is 2.58. The summed E-state index contributed by atoms with van der Waals surface area (Å²) in [4.78, 5) is 35.3. The smallest absolute Gasteiger partial charge is 0.329 e. The first-order chi connectivity index (χ1) is 11.9. The number of anilines is 1. The van der Waals surface area contributed by atoms with Crippen LogP contribution in [0.2, 0.25) is 0 Å². The zero-order valence-corrected chi connectivity index (χ0v) is 14.9. The van der Waals surface area contributed by atoms with E-state index in [9.17, 15) is 14.4 Å². The molecule has 0 heterocycles. The predicted molar refractivity (Wildman–Crippen MR) is 95.5 cm³/mol. The number of hydrogen-bond acceptors (Lipinski definition) is 5. The van der Waals surface area contributed by atoms with Crippen LogP contribution in [0, 0.1) is 6.92 Å². The molecule has 0 spiro atoms. The molecule has 1 aromatic rings. The topological polar surface area (TPSA) is 109 Å². The predicted octanol–water partition coefficient (Wildman–Crippen LogP) is 1.35. The van der Waals surface area contributed by atoms with Crippen molar-refractivity contribution >= 4 is 29.1 Å². The van der Waals surface area contributed by atoms with E-state index in [1.54, 1.807) is 19.1 Å². The van der Waals surface area contributed by atoms with Gasteiger partial charge in [-0.1, -0.05) is 13.0 Å². The fourth-order valence-electron chi connectivity index (χ4n) is 1.89. The van der Waals surface area contributed by atoms with Gasteiger partial charge in [0, 0.05) is 12.3 Å². The summed E-state index contributed by atoms with van der Waals surface area (Å²) in [6.45, 7) is 5.97. The molecule has 0 unspecified atom stereocenters. The molecule has 0 radical (unpaired) electrons. The number of carbonyl (C=O) groups is 3. The number of rotatable bonds is 7. The van der Waals surface area contributed by atoms with E-state index in [0.717, 1.165) is 12.0 Å². The number of nitrogens with zero attached hydrogens (tertiary/aromatic N) is 1. The highest BCUT2D eigenvalue weighted by atomic mass is 16.5. The number of carbonyl (C=O) groups excluding carboxylic acids is 3. The third kappa shape index (κ3) is 7.03. The Bertz CT molecular complexity index is 671. The zero-order chi connectivity index (χ0) is 18.8. The van der Waals surface area contributed by atoms with Crippen LogP contribution in [0.3, 0.4) is 0 Å². The van der Waals surface area contributed by atoms with Gasteiger partial charge in [-0.3, -0.25) is 14.4 Å². The Morgan fingerprint density at radius 1 is 1.20 bits per heavy atom. The lowest BCUT2D eigenvalue weighted by atomic mass is 10.2. The van der Waals surface area contributed by atoms with Crippen molar-refractivity contribution in [1.82, 2.24) is 10.7 Å². The Morgan fingerprint density at radius 3 is 2.56 bits per heavy atom. The van der Waals surface area contributed by atoms with Crippen LogP contribution in [0.25, 0.3) is 0 Å². The first-order valence-corrected chi connectivity index (χ1v) is 7.93. The lowest BCUT2D eigenvalue weighted by Crippen LogP contribution is -2.33. The van der Waals surface area contributed by atoms with Crippen LogP contribution in [-0.2, 0) is 14.4 Å². The highest BCUT2D eigenvalue weighted by Gasteiger charge is 2.16. The van der Waals surface area contributed by atoms with Crippen LogP contribution in [0.1, 0.15) is 32.3 Å². The Morgan fingerprint density at radius 2 is 1.92 bits per heavy atom. The maximum absolute atomic E-state index is 11.9. The van der Waals surface area contributed by atoms with Crippen molar-refractivity contribution in [3.8, 4) is 5.75 Å². The third-order valence-corrected chi connectivity index (χ3v) is 3.15. The second-order valence-electron chi connectivity index (χ2n) is 5.47. The molecule has 0 aliphatic heterocycles. The summed E-state index contributed by atoms with van der Waals surface area (Å²) in [5.41, 5.74) is 3.82. The molecular weight excluding hydrogens is 324 g/mol. The van der Waals surface area contributed by atoms with Crippen LogP contribution in [0.15, 0.2) is 23.3 Å². The van der Waals surface area contributed by atoms with Gasteiger partial charge in [-0.15, -0.1) is 0 Å². The monoisotopic (exact) mass is 348 g/mol. The summed E-state index contributed by atoms with van der Waals surface area (Å²) in [6.07, 6.45) is 0.884. The minimum absolute atomic E-state index is 0.0492. The van der Waals surface area contributed by atoms with Gasteiger partial charge in [-0.05, 0) is 38.0 Å². The molecule has 0 atom stereocenters. The molecule has 0 saturated carbocycles. The molecular formula is C17H24N4O4. The summed E-state index contributed by atoms with van der Waals surface area (Å²) in [6, 6.07) is 5.21. The fraction of sp³-hybridized carbons (Fsp3) is 0.412. The Hall–Kier alpha value is -2.90. The maximum Gasteiger partial charge on any atom is 0.329 e. The zero-order valence-electron chi connectivity index (χ0n) is 14.9. The molecule has 0 aliphatic carbocycles. The molecule has 8 nitrogen and oxygen atoms in total. The molecule has 136 valence electrons. The average molecular weight is 348 g/mol. The van der Waals surface area contributed by atoms with Crippen molar-refractivity contribution in [2.24, 2.45) is 5.10 Å². The normalized spacial score (nSPS) is 10.8. The number of nitrogens with one attached hydrogen (secondary N) is 3. The van der Waals surface area contributed by atoms with Crippen LogP contribution < -0.4 is 20.8 Å². The summed E-state index contributed by atoms with van der Waals surface area (Å²) < 4.78 is 5.14. The van der Waals surface area contributed by atoms with Crippen LogP contribution in [-0.4, -0.2) is 37.1 Å². The first-order valence-electron chi connectivity index (χ1n) is 7.93. The van der Waals surface area contributed by atoms with E-state index < -0.39 is 11.8 Å². The molecule has 1 rings (SSSR count). The fourth-order valence-corrected chi connectivity index (χ4v) is 1.89. The van der Waals surface area contributed by atoms with Gasteiger partial charge in [0.05, 0.1) is 19.2 Å². The first kappa shape index (κ1) is 20.1. The second-order valence-corrected chi connectivity index (χ2v) is 5.47. The third-order valence-electron chi connectivity index (χ3n) is 3.15. The second kappa shape index (κ2) is 10.1. The van der Waals surface area contributed by atoms with Gasteiger partial charge in [0.1, 0.15) is 5.75 Å². The molecule has 0 aliphatic rings. The lowest BCUT2D eigenvalue weighted by Gasteiger charge is -2.10. The van der Waals surface area contributed by atoms with E-state index in [0.29, 0.717) is 23.7 Å². The highest BCUT2D eigenvalue weighted by Crippen LogP contribution is 2.24. The number of benzene rings is 1. The molecule has 0 saturated heterocycles. The number of aryl methyl sites for hydroxylation is 1. The van der Waals surface area contributed by atoms with Crippen molar-refractivity contribution in [2.75, 3.05) is 19.0 Å². The number of amides is 3. The Balaban J connectivity index is 2.60. The number of methoxy groups -OCH3 is 1. The SMILES string of the molecule is CCCNC(=O)CC(C)=NNC(=O)C(=O)Nc1cc(C)ccc1OC. The molecule has 0 aromatic heterocycles. The van der Waals surface area contributed by atoms with Gasteiger partial charge in [-0.2, -0.15) is 5.10 Å². The highest BCUT2D eigenvalue weighted by molar-refractivity contribution is 6.39. The molecule has 3 amide bonds. The van der Waals surface area contributed by atoms with Crippen LogP contribution in [0.4, 0.5) is 5.69 Å². The largest absolute Gasteiger partial charge is 0.495 e. The standard InChI is InChI=1S/C17H24N4O4/c1-5-8-18-15(22)10-12(3)20-21-17(24)16(23)19-13-9-11(2)6-7-14(13)25-4/h6-7,9H,5,8,10H2,1-4H3,(H,18,22)(H,19,23)(H,21,24). The number of ether oxygens (including phenoxy) is 1. The molecule has 25 heavy (non-hydrogen) atoms. The quantitative estimate of drug-likeness (QED) is 0.392. The summed E-state index contributed by atoms with van der Waals surface area (Å²) in [5, 5.41) is 8.93. The molecule has 8 heteroatoms. The van der Waals surface area contributed by atoms with E-state index in [1.807, 2.05) is 19.9 Å². The number of hydrogen-bond donors (Lipinski definition) is 3. The van der Waals surface area contributed by atoms with Gasteiger partial charge in [-0.25, -0.2) is 5.43 Å². The minimum Gasteiger partial charge on any atom is -0.495 e. The maximum atomic E-state index is 11.9. The van der Waals surface area contributed by atoms with Gasteiger partial charge < -0.3 is 15.4 Å². The van der Waals surface area contributed by atoms with Gasteiger partial charge in [0.15, 0.2) is 0 Å². The van der Waals surface area contributed by atoms with Crippen LogP contribution in [0.5, 0.6) is 5.75 Å². The van der Waals surface area contributed by atoms with Crippen molar-refractivity contribution in [3.05, 3.63) is 23.8 Å². The molecule has 3 N–H and O–H groups in total. The van der Waals surface area contributed by atoms with Gasteiger partial charge >= 0.3 is 11.8 Å². The summed E-state index contributed by atoms with van der Waals surface area (Å²) in [7, 11) is 1.47. The van der Waals surface area contributed by atoms with Crippen LogP contribution >= 0.6 is 0 Å². The van der Waals surface area contributed by atoms with E-state index in [-0.39, 0.29) is 12.3 Å². The van der Waals surface area contributed by atoms with E-state index in [4.69, 9.17) is 4.74 Å². The number of hydrazone groups is 1. The van der Waals surface area contributed by atoms with E-state index in [1.165, 1.54) is 7.11 Å². The van der Waals surface area contributed by atoms with Gasteiger partial charge in [0.2, 0.25) is 5.91 Å². The van der Waals surface area contributed by atoms with Crippen molar-refractivity contribution in [1.29, 1.82) is 0 Å². The van der Waals surface area contributed by atoms with Crippen molar-refractivity contribution in [2.45, 2.75) is 33.6 Å². The molecule has 0 bridgehead atoms. The van der Waals surface area contributed by atoms with E-state index in [2.05, 4.69) is 21.2 Å². The summed E-state index contributed by atoms with van der Waals surface area (Å²) >= 11 is 0. The molecule has 1 aromatic carbocycles. The molecule has 0 fully saturated rings.